The van der Waals surface area contributed by atoms with E-state index in [1.54, 1.807) is 0 Å². The summed E-state index contributed by atoms with van der Waals surface area (Å²) in [5, 5.41) is 0. The second-order valence-electron chi connectivity index (χ2n) is 5.90. The Morgan fingerprint density at radius 1 is 1.31 bits per heavy atom. The molecule has 5 unspecified atom stereocenters. The number of nitrogens with zero attached hydrogens (tertiary/aromatic N) is 1. The summed E-state index contributed by atoms with van der Waals surface area (Å²) >= 11 is 0. The van der Waals surface area contributed by atoms with Crippen molar-refractivity contribution in [3.63, 3.8) is 0 Å². The maximum atomic E-state index is 6.01. The van der Waals surface area contributed by atoms with Crippen LogP contribution in [0.2, 0.25) is 0 Å². The van der Waals surface area contributed by atoms with Gasteiger partial charge >= 0.3 is 0 Å². The van der Waals surface area contributed by atoms with Gasteiger partial charge in [0, 0.05) is 25.2 Å². The van der Waals surface area contributed by atoms with Crippen LogP contribution in [0.1, 0.15) is 39.0 Å². The smallest absolute Gasteiger partial charge is 0.0747 e. The average molecular weight is 224 g/mol. The fourth-order valence-corrected chi connectivity index (χ4v) is 3.99. The molecule has 2 bridgehead atoms. The third-order valence-electron chi connectivity index (χ3n) is 4.81. The van der Waals surface area contributed by atoms with Crippen molar-refractivity contribution in [2.24, 2.45) is 11.7 Å². The van der Waals surface area contributed by atoms with Gasteiger partial charge in [0.2, 0.25) is 0 Å². The lowest BCUT2D eigenvalue weighted by atomic mass is 10.0. The van der Waals surface area contributed by atoms with Gasteiger partial charge in [0.25, 0.3) is 0 Å². The van der Waals surface area contributed by atoms with Gasteiger partial charge in [-0.25, -0.2) is 0 Å². The van der Waals surface area contributed by atoms with Crippen molar-refractivity contribution < 1.29 is 4.74 Å². The Hall–Kier alpha value is -0.120. The number of hydrogen-bond donors (Lipinski definition) is 1. The van der Waals surface area contributed by atoms with Crippen LogP contribution in [-0.2, 0) is 4.74 Å². The van der Waals surface area contributed by atoms with Gasteiger partial charge in [0.15, 0.2) is 0 Å². The van der Waals surface area contributed by atoms with Gasteiger partial charge in [-0.05, 0) is 44.9 Å². The largest absolute Gasteiger partial charge is 0.374 e. The summed E-state index contributed by atoms with van der Waals surface area (Å²) < 4.78 is 6.01. The van der Waals surface area contributed by atoms with Gasteiger partial charge in [-0.2, -0.15) is 0 Å². The van der Waals surface area contributed by atoms with Crippen molar-refractivity contribution in [3.8, 4) is 0 Å². The Kier molecular flexibility index (Phi) is 2.94. The molecule has 92 valence electrons. The van der Waals surface area contributed by atoms with Crippen molar-refractivity contribution in [1.29, 1.82) is 0 Å². The van der Waals surface area contributed by atoms with E-state index in [2.05, 4.69) is 11.8 Å². The molecule has 1 aliphatic carbocycles. The minimum Gasteiger partial charge on any atom is -0.374 e. The average Bonchev–Trinajstić information content (AvgIpc) is 2.96. The Morgan fingerprint density at radius 2 is 2.19 bits per heavy atom. The van der Waals surface area contributed by atoms with Crippen molar-refractivity contribution in [3.05, 3.63) is 0 Å². The van der Waals surface area contributed by atoms with E-state index in [1.807, 2.05) is 0 Å². The van der Waals surface area contributed by atoms with Crippen LogP contribution >= 0.6 is 0 Å². The van der Waals surface area contributed by atoms with E-state index in [-0.39, 0.29) is 0 Å². The zero-order chi connectivity index (χ0) is 11.1. The first-order valence-corrected chi connectivity index (χ1v) is 6.89. The fourth-order valence-electron chi connectivity index (χ4n) is 3.99. The molecule has 2 saturated heterocycles. The van der Waals surface area contributed by atoms with Crippen molar-refractivity contribution in [2.45, 2.75) is 63.3 Å². The second kappa shape index (κ2) is 4.28. The predicted molar refractivity (Wildman–Crippen MR) is 64.2 cm³/mol. The molecule has 16 heavy (non-hydrogen) atoms. The van der Waals surface area contributed by atoms with Gasteiger partial charge in [0.05, 0.1) is 12.2 Å². The number of ether oxygens (including phenoxy) is 1. The van der Waals surface area contributed by atoms with Crippen LogP contribution in [0.15, 0.2) is 0 Å². The number of nitrogens with two attached hydrogens (primary N) is 1. The van der Waals surface area contributed by atoms with Crippen LogP contribution in [0.25, 0.3) is 0 Å². The lowest BCUT2D eigenvalue weighted by molar-refractivity contribution is -0.0132. The molecule has 3 heteroatoms. The Labute approximate surface area is 98.3 Å². The van der Waals surface area contributed by atoms with Crippen LogP contribution in [0.5, 0.6) is 0 Å². The highest BCUT2D eigenvalue weighted by Gasteiger charge is 2.44. The summed E-state index contributed by atoms with van der Waals surface area (Å²) in [7, 11) is 0. The molecular weight excluding hydrogens is 200 g/mol. The Morgan fingerprint density at radius 3 is 2.69 bits per heavy atom. The lowest BCUT2D eigenvalue weighted by Gasteiger charge is -2.37. The zero-order valence-corrected chi connectivity index (χ0v) is 10.3. The fraction of sp³-hybridized carbons (Fsp3) is 1.00. The number of rotatable bonds is 3. The van der Waals surface area contributed by atoms with E-state index >= 15 is 0 Å². The minimum atomic E-state index is 0.402. The molecule has 3 aliphatic rings. The monoisotopic (exact) mass is 224 g/mol. The number of fused-ring (bicyclic) bond motifs is 2. The van der Waals surface area contributed by atoms with E-state index in [0.717, 1.165) is 18.5 Å². The Bertz CT molecular complexity index is 258. The third-order valence-corrected chi connectivity index (χ3v) is 4.81. The van der Waals surface area contributed by atoms with Crippen LogP contribution in [0.4, 0.5) is 0 Å². The van der Waals surface area contributed by atoms with E-state index in [1.165, 1.54) is 38.6 Å². The van der Waals surface area contributed by atoms with Crippen molar-refractivity contribution in [2.75, 3.05) is 13.1 Å². The SMILES string of the molecule is CC1CCC(C(CN)N2CC3CCC2C3)O1. The molecule has 5 atom stereocenters. The molecule has 0 aromatic heterocycles. The van der Waals surface area contributed by atoms with Gasteiger partial charge in [-0.3, -0.25) is 4.90 Å². The highest BCUT2D eigenvalue weighted by molar-refractivity contribution is 4.98. The van der Waals surface area contributed by atoms with Crippen LogP contribution in [0, 0.1) is 5.92 Å². The first-order chi connectivity index (χ1) is 7.78. The van der Waals surface area contributed by atoms with Gasteiger partial charge in [0.1, 0.15) is 0 Å². The minimum absolute atomic E-state index is 0.402. The normalized spacial score (nSPS) is 45.4. The molecule has 0 aromatic rings. The van der Waals surface area contributed by atoms with Gasteiger partial charge in [-0.15, -0.1) is 0 Å². The predicted octanol–water partition coefficient (Wildman–Crippen LogP) is 1.37. The molecule has 3 fully saturated rings. The van der Waals surface area contributed by atoms with Crippen LogP contribution < -0.4 is 5.73 Å². The molecule has 3 nitrogen and oxygen atoms in total. The quantitative estimate of drug-likeness (QED) is 0.787. The molecule has 1 saturated carbocycles. The molecule has 2 heterocycles. The zero-order valence-electron chi connectivity index (χ0n) is 10.3. The molecule has 0 radical (unpaired) electrons. The van der Waals surface area contributed by atoms with Crippen LogP contribution in [0.3, 0.4) is 0 Å². The van der Waals surface area contributed by atoms with Crippen molar-refractivity contribution in [1.82, 2.24) is 4.90 Å². The first kappa shape index (κ1) is 11.0. The molecule has 0 aromatic carbocycles. The summed E-state index contributed by atoms with van der Waals surface area (Å²) in [4.78, 5) is 2.66. The van der Waals surface area contributed by atoms with Crippen LogP contribution in [-0.4, -0.2) is 42.3 Å². The summed E-state index contributed by atoms with van der Waals surface area (Å²) in [6.07, 6.45) is 7.51. The highest BCUT2D eigenvalue weighted by atomic mass is 16.5. The summed E-state index contributed by atoms with van der Waals surface area (Å²) in [5.74, 6) is 0.956. The molecule has 2 aliphatic heterocycles. The lowest BCUT2D eigenvalue weighted by Crippen LogP contribution is -2.51. The molecule has 3 rings (SSSR count). The van der Waals surface area contributed by atoms with E-state index in [9.17, 15) is 0 Å². The van der Waals surface area contributed by atoms with E-state index in [4.69, 9.17) is 10.5 Å². The molecule has 0 spiro atoms. The maximum absolute atomic E-state index is 6.01. The van der Waals surface area contributed by atoms with E-state index < -0.39 is 0 Å². The Balaban J connectivity index is 1.66. The third kappa shape index (κ3) is 1.79. The number of piperidine rings is 1. The maximum Gasteiger partial charge on any atom is 0.0747 e. The summed E-state index contributed by atoms with van der Waals surface area (Å²) in [6.45, 7) is 4.23. The topological polar surface area (TPSA) is 38.5 Å². The molecule has 0 amide bonds. The molecular formula is C13H24N2O. The number of likely N-dealkylation sites (tertiary alicyclic amines) is 1. The second-order valence-corrected chi connectivity index (χ2v) is 5.90. The molecule has 2 N–H and O–H groups in total. The first-order valence-electron chi connectivity index (χ1n) is 6.89. The summed E-state index contributed by atoms with van der Waals surface area (Å²) in [5.41, 5.74) is 5.99. The standard InChI is InChI=1S/C13H24N2O/c1-9-2-5-13(16-9)12(7-14)15-8-10-3-4-11(15)6-10/h9-13H,2-8,14H2,1H3. The highest BCUT2D eigenvalue weighted by Crippen LogP contribution is 2.40. The summed E-state index contributed by atoms with van der Waals surface area (Å²) in [6, 6.07) is 1.30. The van der Waals surface area contributed by atoms with Gasteiger partial charge < -0.3 is 10.5 Å². The van der Waals surface area contributed by atoms with E-state index in [0.29, 0.717) is 18.2 Å². The van der Waals surface area contributed by atoms with Gasteiger partial charge in [-0.1, -0.05) is 0 Å². The number of hydrogen-bond acceptors (Lipinski definition) is 3. The van der Waals surface area contributed by atoms with Crippen molar-refractivity contribution >= 4 is 0 Å².